The molecule has 0 aromatic heterocycles. The number of hydrogen-bond acceptors (Lipinski definition) is 3. The topological polar surface area (TPSA) is 35.6 Å². The summed E-state index contributed by atoms with van der Waals surface area (Å²) in [7, 11) is 0. The molecule has 2 aromatic carbocycles. The van der Waals surface area contributed by atoms with Crippen molar-refractivity contribution >= 4 is 11.6 Å². The summed E-state index contributed by atoms with van der Waals surface area (Å²) in [4.78, 5) is 16.7. The zero-order valence-corrected chi connectivity index (χ0v) is 15.2. The molecule has 1 heterocycles. The fourth-order valence-electron chi connectivity index (χ4n) is 3.23. The van der Waals surface area contributed by atoms with Gasteiger partial charge in [-0.3, -0.25) is 9.69 Å². The second kappa shape index (κ2) is 8.81. The van der Waals surface area contributed by atoms with Gasteiger partial charge in [0.25, 0.3) is 0 Å². The molecule has 1 aliphatic heterocycles. The summed E-state index contributed by atoms with van der Waals surface area (Å²) in [6.45, 7) is 7.06. The van der Waals surface area contributed by atoms with Crippen LogP contribution in [0.1, 0.15) is 17.5 Å². The van der Waals surface area contributed by atoms with Crippen molar-refractivity contribution < 1.29 is 9.18 Å². The van der Waals surface area contributed by atoms with Crippen LogP contribution in [-0.2, 0) is 11.3 Å². The maximum absolute atomic E-state index is 13.0. The summed E-state index contributed by atoms with van der Waals surface area (Å²) in [5.74, 6) is -0.113. The van der Waals surface area contributed by atoms with Crippen molar-refractivity contribution in [3.63, 3.8) is 0 Å². The highest BCUT2D eigenvalue weighted by atomic mass is 19.1. The highest BCUT2D eigenvalue weighted by molar-refractivity contribution is 5.76. The lowest BCUT2D eigenvalue weighted by Gasteiger charge is -2.36. The van der Waals surface area contributed by atoms with Gasteiger partial charge in [-0.15, -0.1) is 0 Å². The zero-order valence-electron chi connectivity index (χ0n) is 15.2. The molecule has 26 heavy (non-hydrogen) atoms. The Kier molecular flexibility index (Phi) is 6.23. The zero-order chi connectivity index (χ0) is 18.4. The molecule has 0 radical (unpaired) electrons. The van der Waals surface area contributed by atoms with E-state index in [9.17, 15) is 9.18 Å². The van der Waals surface area contributed by atoms with Gasteiger partial charge in [0.2, 0.25) is 5.91 Å². The van der Waals surface area contributed by atoms with Crippen molar-refractivity contribution in [2.24, 2.45) is 0 Å². The number of nitrogens with one attached hydrogen (secondary N) is 1. The molecule has 1 fully saturated rings. The molecule has 0 atom stereocenters. The highest BCUT2D eigenvalue weighted by Gasteiger charge is 2.17. The van der Waals surface area contributed by atoms with Crippen LogP contribution < -0.4 is 10.2 Å². The third-order valence-corrected chi connectivity index (χ3v) is 4.96. The largest absolute Gasteiger partial charge is 0.369 e. The summed E-state index contributed by atoms with van der Waals surface area (Å²) in [5, 5.41) is 3.01. The Morgan fingerprint density at radius 3 is 2.42 bits per heavy atom. The molecular formula is C21H26FN3O. The number of amides is 1. The van der Waals surface area contributed by atoms with Crippen LogP contribution in [0.4, 0.5) is 10.1 Å². The Bertz CT molecular complexity index is 724. The number of rotatable bonds is 6. The van der Waals surface area contributed by atoms with Crippen molar-refractivity contribution in [3.05, 3.63) is 65.5 Å². The summed E-state index contributed by atoms with van der Waals surface area (Å²) in [6, 6.07) is 14.8. The Balaban J connectivity index is 1.37. The molecule has 5 heteroatoms. The van der Waals surface area contributed by atoms with E-state index in [0.717, 1.165) is 44.0 Å². The molecule has 0 bridgehead atoms. The Morgan fingerprint density at radius 2 is 1.73 bits per heavy atom. The second-order valence-electron chi connectivity index (χ2n) is 6.76. The van der Waals surface area contributed by atoms with E-state index in [-0.39, 0.29) is 11.7 Å². The number of halogens is 1. The fourth-order valence-corrected chi connectivity index (χ4v) is 3.23. The van der Waals surface area contributed by atoms with Crippen LogP contribution in [0.5, 0.6) is 0 Å². The van der Waals surface area contributed by atoms with Gasteiger partial charge in [-0.1, -0.05) is 24.3 Å². The number of anilines is 1. The number of hydrogen-bond donors (Lipinski definition) is 1. The van der Waals surface area contributed by atoms with E-state index in [2.05, 4.69) is 28.1 Å². The van der Waals surface area contributed by atoms with Gasteiger partial charge in [0, 0.05) is 51.4 Å². The van der Waals surface area contributed by atoms with E-state index >= 15 is 0 Å². The molecule has 0 saturated carbocycles. The van der Waals surface area contributed by atoms with Crippen molar-refractivity contribution in [1.82, 2.24) is 10.2 Å². The first-order chi connectivity index (χ1) is 12.6. The molecule has 1 amide bonds. The maximum Gasteiger partial charge on any atom is 0.221 e. The van der Waals surface area contributed by atoms with Crippen LogP contribution in [0.25, 0.3) is 0 Å². The molecule has 3 rings (SSSR count). The molecular weight excluding hydrogens is 329 g/mol. The quantitative estimate of drug-likeness (QED) is 0.865. The van der Waals surface area contributed by atoms with Crippen molar-refractivity contribution in [2.75, 3.05) is 37.6 Å². The molecule has 2 aromatic rings. The van der Waals surface area contributed by atoms with Gasteiger partial charge >= 0.3 is 0 Å². The van der Waals surface area contributed by atoms with Crippen LogP contribution in [0.15, 0.2) is 48.5 Å². The third-order valence-electron chi connectivity index (χ3n) is 4.96. The first-order valence-electron chi connectivity index (χ1n) is 9.16. The molecule has 1 N–H and O–H groups in total. The monoisotopic (exact) mass is 355 g/mol. The van der Waals surface area contributed by atoms with Crippen LogP contribution in [0, 0.1) is 12.7 Å². The molecule has 4 nitrogen and oxygen atoms in total. The first-order valence-corrected chi connectivity index (χ1v) is 9.16. The van der Waals surface area contributed by atoms with Gasteiger partial charge in [-0.2, -0.15) is 0 Å². The minimum atomic E-state index is -0.205. The summed E-state index contributed by atoms with van der Waals surface area (Å²) >= 11 is 0. The van der Waals surface area contributed by atoms with Gasteiger partial charge in [0.05, 0.1) is 0 Å². The lowest BCUT2D eigenvalue weighted by atomic mass is 10.1. The van der Waals surface area contributed by atoms with Gasteiger partial charge in [0.15, 0.2) is 0 Å². The van der Waals surface area contributed by atoms with E-state index in [0.29, 0.717) is 13.0 Å². The van der Waals surface area contributed by atoms with E-state index in [1.807, 2.05) is 30.3 Å². The highest BCUT2D eigenvalue weighted by Crippen LogP contribution is 2.17. The molecule has 0 unspecified atom stereocenters. The molecule has 138 valence electrons. The van der Waals surface area contributed by atoms with Gasteiger partial charge < -0.3 is 10.2 Å². The van der Waals surface area contributed by atoms with Gasteiger partial charge in [-0.25, -0.2) is 4.39 Å². The second-order valence-corrected chi connectivity index (χ2v) is 6.76. The van der Waals surface area contributed by atoms with Crippen LogP contribution in [0.3, 0.4) is 0 Å². The van der Waals surface area contributed by atoms with E-state index in [1.54, 1.807) is 0 Å². The normalized spacial score (nSPS) is 15.1. The molecule has 0 aliphatic carbocycles. The summed E-state index contributed by atoms with van der Waals surface area (Å²) < 4.78 is 13.0. The average molecular weight is 355 g/mol. The van der Waals surface area contributed by atoms with Crippen molar-refractivity contribution in [2.45, 2.75) is 19.9 Å². The third kappa shape index (κ3) is 5.05. The van der Waals surface area contributed by atoms with Crippen molar-refractivity contribution in [3.8, 4) is 0 Å². The minimum Gasteiger partial charge on any atom is -0.369 e. The van der Waals surface area contributed by atoms with Crippen LogP contribution in [-0.4, -0.2) is 43.5 Å². The molecule has 0 spiro atoms. The lowest BCUT2D eigenvalue weighted by molar-refractivity contribution is -0.121. The van der Waals surface area contributed by atoms with E-state index in [4.69, 9.17) is 0 Å². The smallest absolute Gasteiger partial charge is 0.221 e. The van der Waals surface area contributed by atoms with Crippen LogP contribution >= 0.6 is 0 Å². The molecule has 1 saturated heterocycles. The Labute approximate surface area is 154 Å². The van der Waals surface area contributed by atoms with Crippen LogP contribution in [0.2, 0.25) is 0 Å². The van der Waals surface area contributed by atoms with E-state index in [1.165, 1.54) is 17.7 Å². The lowest BCUT2D eigenvalue weighted by Crippen LogP contribution is -2.47. The Morgan fingerprint density at radius 1 is 1.04 bits per heavy atom. The SMILES string of the molecule is Cc1ccccc1CNC(=O)CCN1CCN(c2ccc(F)cc2)CC1. The number of aryl methyl sites for hydroxylation is 1. The number of nitrogens with zero attached hydrogens (tertiary/aromatic N) is 2. The number of carbonyl (C=O) groups is 1. The summed E-state index contributed by atoms with van der Waals surface area (Å²) in [5.41, 5.74) is 3.42. The Hall–Kier alpha value is -2.40. The van der Waals surface area contributed by atoms with Crippen molar-refractivity contribution in [1.29, 1.82) is 0 Å². The summed E-state index contributed by atoms with van der Waals surface area (Å²) in [6.07, 6.45) is 0.516. The van der Waals surface area contributed by atoms with Gasteiger partial charge in [-0.05, 0) is 42.3 Å². The predicted octanol–water partition coefficient (Wildman–Crippen LogP) is 2.96. The molecule has 1 aliphatic rings. The fraction of sp³-hybridized carbons (Fsp3) is 0.381. The van der Waals surface area contributed by atoms with Gasteiger partial charge in [0.1, 0.15) is 5.82 Å². The number of piperazine rings is 1. The standard InChI is InChI=1S/C21H26FN3O/c1-17-4-2-3-5-18(17)16-23-21(26)10-11-24-12-14-25(15-13-24)20-8-6-19(22)7-9-20/h2-9H,10-16H2,1H3,(H,23,26). The minimum absolute atomic E-state index is 0.0919. The predicted molar refractivity (Wildman–Crippen MR) is 103 cm³/mol. The van der Waals surface area contributed by atoms with E-state index < -0.39 is 0 Å². The number of carbonyl (C=O) groups excluding carboxylic acids is 1. The average Bonchev–Trinajstić information content (AvgIpc) is 2.67. The number of benzene rings is 2. The first kappa shape index (κ1) is 18.4. The maximum atomic E-state index is 13.0.